The monoisotopic (exact) mass is 361 g/mol. The molecular formula is C17H12ClNO4S. The number of nitriles is 1. The molecule has 2 N–H and O–H groups in total. The quantitative estimate of drug-likeness (QED) is 0.492. The first-order chi connectivity index (χ1) is 11.3. The first-order valence-electron chi connectivity index (χ1n) is 6.65. The van der Waals surface area contributed by atoms with Crippen LogP contribution in [0.25, 0.3) is 6.08 Å². The van der Waals surface area contributed by atoms with Gasteiger partial charge in [-0.05, 0) is 48.0 Å². The summed E-state index contributed by atoms with van der Waals surface area (Å²) in [5.41, 5.74) is 0.530. The molecule has 0 atom stereocenters. The summed E-state index contributed by atoms with van der Waals surface area (Å²) in [5, 5.41) is 28.1. The van der Waals surface area contributed by atoms with Crippen LogP contribution in [0.3, 0.4) is 0 Å². The van der Waals surface area contributed by atoms with Crippen molar-refractivity contribution in [1.29, 1.82) is 5.26 Å². The smallest absolute Gasteiger partial charge is 0.216 e. The molecule has 0 amide bonds. The Hall–Kier alpha value is -2.75. The van der Waals surface area contributed by atoms with Gasteiger partial charge >= 0.3 is 0 Å². The molecule has 7 heteroatoms. The van der Waals surface area contributed by atoms with Gasteiger partial charge in [-0.2, -0.15) is 5.26 Å². The molecule has 0 spiro atoms. The van der Waals surface area contributed by atoms with Crippen LogP contribution in [-0.2, 0) is 9.84 Å². The highest BCUT2D eigenvalue weighted by molar-refractivity contribution is 7.95. The average Bonchev–Trinajstić information content (AvgIpc) is 2.55. The molecule has 0 aliphatic rings. The molecular weight excluding hydrogens is 350 g/mol. The molecule has 24 heavy (non-hydrogen) atoms. The number of hydrogen-bond donors (Lipinski definition) is 2. The van der Waals surface area contributed by atoms with E-state index in [1.807, 2.05) is 0 Å². The van der Waals surface area contributed by atoms with Crippen LogP contribution >= 0.6 is 11.6 Å². The van der Waals surface area contributed by atoms with Crippen molar-refractivity contribution in [3.8, 4) is 17.6 Å². The Bertz CT molecular complexity index is 955. The van der Waals surface area contributed by atoms with Gasteiger partial charge in [-0.1, -0.05) is 29.8 Å². The summed E-state index contributed by atoms with van der Waals surface area (Å²) in [6.45, 7) is 0. The first-order valence-corrected chi connectivity index (χ1v) is 8.52. The van der Waals surface area contributed by atoms with Crippen molar-refractivity contribution in [2.45, 2.75) is 4.90 Å². The van der Waals surface area contributed by atoms with Gasteiger partial charge in [-0.25, -0.2) is 8.42 Å². The molecule has 0 aliphatic carbocycles. The van der Waals surface area contributed by atoms with Crippen molar-refractivity contribution in [3.63, 3.8) is 0 Å². The molecule has 0 saturated carbocycles. The van der Waals surface area contributed by atoms with Gasteiger partial charge in [0.15, 0.2) is 11.5 Å². The number of hydrogen-bond acceptors (Lipinski definition) is 5. The number of aromatic hydroxyl groups is 2. The zero-order valence-corrected chi connectivity index (χ0v) is 13.8. The minimum absolute atomic E-state index is 0.0321. The first kappa shape index (κ1) is 17.6. The van der Waals surface area contributed by atoms with E-state index in [1.54, 1.807) is 6.07 Å². The van der Waals surface area contributed by atoms with Crippen LogP contribution in [0.4, 0.5) is 0 Å². The maximum atomic E-state index is 12.4. The van der Waals surface area contributed by atoms with Crippen LogP contribution in [0.5, 0.6) is 11.5 Å². The van der Waals surface area contributed by atoms with E-state index in [1.165, 1.54) is 54.6 Å². The summed E-state index contributed by atoms with van der Waals surface area (Å²) in [5.74, 6) is -0.554. The van der Waals surface area contributed by atoms with E-state index >= 15 is 0 Å². The number of phenols is 2. The number of rotatable bonds is 4. The minimum atomic E-state index is -3.94. The predicted molar refractivity (Wildman–Crippen MR) is 91.1 cm³/mol. The van der Waals surface area contributed by atoms with E-state index in [2.05, 4.69) is 0 Å². The number of benzene rings is 2. The van der Waals surface area contributed by atoms with E-state index in [4.69, 9.17) is 16.9 Å². The third kappa shape index (κ3) is 3.96. The van der Waals surface area contributed by atoms with E-state index in [-0.39, 0.29) is 16.4 Å². The zero-order valence-electron chi connectivity index (χ0n) is 12.2. The third-order valence-electron chi connectivity index (χ3n) is 3.06. The summed E-state index contributed by atoms with van der Waals surface area (Å²) in [7, 11) is -3.94. The standard InChI is InChI=1S/C17H12ClNO4S/c18-13-5-7-14(8-6-13)24(22,23)15(11-19)3-1-2-12-4-9-16(20)17(21)10-12/h1-10,20-21H. The van der Waals surface area contributed by atoms with E-state index in [0.717, 1.165) is 6.08 Å². The highest BCUT2D eigenvalue weighted by atomic mass is 35.5. The molecule has 0 radical (unpaired) electrons. The van der Waals surface area contributed by atoms with Gasteiger partial charge in [0.05, 0.1) is 4.90 Å². The summed E-state index contributed by atoms with van der Waals surface area (Å²) in [6, 6.07) is 11.3. The van der Waals surface area contributed by atoms with Crippen molar-refractivity contribution in [2.75, 3.05) is 0 Å². The predicted octanol–water partition coefficient (Wildman–Crippen LogP) is 3.65. The largest absolute Gasteiger partial charge is 0.504 e. The number of nitrogens with zero attached hydrogens (tertiary/aromatic N) is 1. The molecule has 2 aromatic rings. The zero-order chi connectivity index (χ0) is 17.7. The fraction of sp³-hybridized carbons (Fsp3) is 0. The molecule has 0 aliphatic heterocycles. The highest BCUT2D eigenvalue weighted by Gasteiger charge is 2.19. The molecule has 0 bridgehead atoms. The van der Waals surface area contributed by atoms with Gasteiger partial charge in [0, 0.05) is 5.02 Å². The second kappa shape index (κ2) is 7.21. The number of sulfone groups is 1. The maximum absolute atomic E-state index is 12.4. The Morgan fingerprint density at radius 2 is 1.75 bits per heavy atom. The van der Waals surface area contributed by atoms with Crippen LogP contribution in [0.1, 0.15) is 5.56 Å². The van der Waals surface area contributed by atoms with Gasteiger partial charge in [-0.3, -0.25) is 0 Å². The van der Waals surface area contributed by atoms with Crippen LogP contribution in [0.15, 0.2) is 64.4 Å². The topological polar surface area (TPSA) is 98.4 Å². The second-order valence-corrected chi connectivity index (χ2v) is 7.06. The SMILES string of the molecule is N#CC(=CC=Cc1ccc(O)c(O)c1)S(=O)(=O)c1ccc(Cl)cc1. The molecule has 2 rings (SSSR count). The van der Waals surface area contributed by atoms with Gasteiger partial charge in [0.25, 0.3) is 0 Å². The fourth-order valence-electron chi connectivity index (χ4n) is 1.82. The lowest BCUT2D eigenvalue weighted by Crippen LogP contribution is -2.03. The number of phenolic OH excluding ortho intramolecular Hbond substituents is 2. The lowest BCUT2D eigenvalue weighted by molar-refractivity contribution is 0.403. The molecule has 0 heterocycles. The molecule has 122 valence electrons. The number of halogens is 1. The van der Waals surface area contributed by atoms with E-state index in [0.29, 0.717) is 10.6 Å². The summed E-state index contributed by atoms with van der Waals surface area (Å²) in [4.78, 5) is -0.459. The molecule has 0 unspecified atom stereocenters. The van der Waals surface area contributed by atoms with E-state index in [9.17, 15) is 18.6 Å². The molecule has 0 saturated heterocycles. The second-order valence-electron chi connectivity index (χ2n) is 4.71. The number of allylic oxidation sites excluding steroid dienone is 3. The fourth-order valence-corrected chi connectivity index (χ4v) is 3.07. The molecule has 2 aromatic carbocycles. The maximum Gasteiger partial charge on any atom is 0.216 e. The Morgan fingerprint density at radius 3 is 2.33 bits per heavy atom. The lowest BCUT2D eigenvalue weighted by Gasteiger charge is -2.02. The van der Waals surface area contributed by atoms with Crippen molar-refractivity contribution >= 4 is 27.5 Å². The Balaban J connectivity index is 2.31. The van der Waals surface area contributed by atoms with Crippen LogP contribution in [-0.4, -0.2) is 18.6 Å². The van der Waals surface area contributed by atoms with Gasteiger partial charge in [0.2, 0.25) is 9.84 Å². The highest BCUT2D eigenvalue weighted by Crippen LogP contribution is 2.25. The Labute approximate surface area is 144 Å². The molecule has 0 fully saturated rings. The van der Waals surface area contributed by atoms with Crippen molar-refractivity contribution in [1.82, 2.24) is 0 Å². The molecule has 5 nitrogen and oxygen atoms in total. The summed E-state index contributed by atoms with van der Waals surface area (Å²) < 4.78 is 24.8. The normalized spacial score (nSPS) is 12.2. The average molecular weight is 362 g/mol. The van der Waals surface area contributed by atoms with Crippen LogP contribution < -0.4 is 0 Å². The van der Waals surface area contributed by atoms with Gasteiger partial charge in [-0.15, -0.1) is 0 Å². The van der Waals surface area contributed by atoms with Crippen LogP contribution in [0, 0.1) is 11.3 Å². The Morgan fingerprint density at radius 1 is 1.08 bits per heavy atom. The van der Waals surface area contributed by atoms with Crippen molar-refractivity contribution < 1.29 is 18.6 Å². The summed E-state index contributed by atoms with van der Waals surface area (Å²) in [6.07, 6.45) is 4.03. The van der Waals surface area contributed by atoms with E-state index < -0.39 is 14.7 Å². The van der Waals surface area contributed by atoms with Crippen molar-refractivity contribution in [3.05, 3.63) is 70.1 Å². The van der Waals surface area contributed by atoms with Crippen LogP contribution in [0.2, 0.25) is 5.02 Å². The van der Waals surface area contributed by atoms with Crippen molar-refractivity contribution in [2.24, 2.45) is 0 Å². The minimum Gasteiger partial charge on any atom is -0.504 e. The van der Waals surface area contributed by atoms with Gasteiger partial charge in [0.1, 0.15) is 11.0 Å². The third-order valence-corrected chi connectivity index (χ3v) is 5.01. The lowest BCUT2D eigenvalue weighted by atomic mass is 10.2. The van der Waals surface area contributed by atoms with Gasteiger partial charge < -0.3 is 10.2 Å². The Kier molecular flexibility index (Phi) is 5.29. The molecule has 0 aromatic heterocycles. The summed E-state index contributed by atoms with van der Waals surface area (Å²) >= 11 is 5.73.